The monoisotopic (exact) mass is 299 g/mol. The maximum atomic E-state index is 12.3. The molecule has 0 spiro atoms. The van der Waals surface area contributed by atoms with Crippen LogP contribution in [0.25, 0.3) is 0 Å². The first kappa shape index (κ1) is 15.0. The molecule has 6 nitrogen and oxygen atoms in total. The van der Waals surface area contributed by atoms with Crippen LogP contribution in [0.15, 0.2) is 29.2 Å². The third-order valence-electron chi connectivity index (χ3n) is 3.29. The molecule has 0 aromatic heterocycles. The molecular weight excluding hydrogens is 282 g/mol. The number of nitrogens with zero attached hydrogens (tertiary/aromatic N) is 1. The molecule has 110 valence electrons. The number of sulfonamides is 1. The lowest BCUT2D eigenvalue weighted by molar-refractivity contribution is 0.0696. The summed E-state index contributed by atoms with van der Waals surface area (Å²) in [6, 6.07) is 5.19. The highest BCUT2D eigenvalue weighted by atomic mass is 32.2. The Morgan fingerprint density at radius 3 is 2.55 bits per heavy atom. The van der Waals surface area contributed by atoms with Gasteiger partial charge in [0.15, 0.2) is 0 Å². The van der Waals surface area contributed by atoms with Crippen LogP contribution in [0.4, 0.5) is 0 Å². The second kappa shape index (κ2) is 5.90. The predicted octanol–water partition coefficient (Wildman–Crippen LogP) is 1.18. The zero-order chi connectivity index (χ0) is 14.8. The van der Waals surface area contributed by atoms with E-state index < -0.39 is 16.0 Å². The Morgan fingerprint density at radius 2 is 2.05 bits per heavy atom. The largest absolute Gasteiger partial charge is 0.478 e. The fourth-order valence-corrected chi connectivity index (χ4v) is 3.33. The van der Waals surface area contributed by atoms with Crippen molar-refractivity contribution in [2.45, 2.75) is 23.8 Å². The van der Waals surface area contributed by atoms with E-state index in [-0.39, 0.29) is 16.6 Å². The molecule has 0 radical (unpaired) electrons. The summed E-state index contributed by atoms with van der Waals surface area (Å²) in [5.74, 6) is -1.08. The molecule has 1 unspecified atom stereocenters. The van der Waals surface area contributed by atoms with Gasteiger partial charge in [-0.25, -0.2) is 13.2 Å². The van der Waals surface area contributed by atoms with Crippen LogP contribution in [0.2, 0.25) is 0 Å². The van der Waals surface area contributed by atoms with Crippen LogP contribution in [-0.2, 0) is 14.8 Å². The first-order valence-corrected chi connectivity index (χ1v) is 7.76. The molecule has 1 aliphatic heterocycles. The van der Waals surface area contributed by atoms with E-state index in [4.69, 9.17) is 9.84 Å². The molecule has 1 N–H and O–H groups in total. The van der Waals surface area contributed by atoms with Gasteiger partial charge in [0.05, 0.1) is 16.6 Å². The topological polar surface area (TPSA) is 83.9 Å². The lowest BCUT2D eigenvalue weighted by Gasteiger charge is -2.20. The third kappa shape index (κ3) is 3.17. The van der Waals surface area contributed by atoms with Crippen molar-refractivity contribution < 1.29 is 23.1 Å². The van der Waals surface area contributed by atoms with E-state index in [9.17, 15) is 13.2 Å². The summed E-state index contributed by atoms with van der Waals surface area (Å²) in [6.45, 7) is 0.981. The molecule has 1 aromatic rings. The summed E-state index contributed by atoms with van der Waals surface area (Å²) in [7, 11) is -2.11. The summed E-state index contributed by atoms with van der Waals surface area (Å²) in [6.07, 6.45) is 1.75. The van der Waals surface area contributed by atoms with Crippen molar-refractivity contribution in [1.29, 1.82) is 0 Å². The normalized spacial score (nSPS) is 19.4. The third-order valence-corrected chi connectivity index (χ3v) is 5.13. The summed E-state index contributed by atoms with van der Waals surface area (Å²) in [5, 5.41) is 8.80. The molecule has 1 aliphatic rings. The molecule has 1 saturated heterocycles. The Labute approximate surface area is 118 Å². The van der Waals surface area contributed by atoms with Gasteiger partial charge in [0.25, 0.3) is 0 Å². The lowest BCUT2D eigenvalue weighted by atomic mass is 10.2. The SMILES string of the molecule is CN(CC1CCCO1)S(=O)(=O)c1ccc(C(=O)O)cc1. The zero-order valence-electron chi connectivity index (χ0n) is 11.2. The minimum atomic E-state index is -3.61. The van der Waals surface area contributed by atoms with Gasteiger partial charge >= 0.3 is 5.97 Å². The predicted molar refractivity (Wildman–Crippen MR) is 72.2 cm³/mol. The van der Waals surface area contributed by atoms with Gasteiger partial charge in [-0.15, -0.1) is 0 Å². The van der Waals surface area contributed by atoms with Gasteiger partial charge in [-0.3, -0.25) is 0 Å². The van der Waals surface area contributed by atoms with Crippen molar-refractivity contribution in [1.82, 2.24) is 4.31 Å². The molecular formula is C13H17NO5S. The van der Waals surface area contributed by atoms with Crippen molar-refractivity contribution in [2.24, 2.45) is 0 Å². The van der Waals surface area contributed by atoms with Gasteiger partial charge in [0, 0.05) is 20.2 Å². The number of ether oxygens (including phenoxy) is 1. The molecule has 0 amide bonds. The average Bonchev–Trinajstić information content (AvgIpc) is 2.91. The van der Waals surface area contributed by atoms with Crippen LogP contribution in [-0.4, -0.2) is 50.1 Å². The Balaban J connectivity index is 2.13. The number of benzene rings is 1. The molecule has 0 aliphatic carbocycles. The second-order valence-corrected chi connectivity index (χ2v) is 6.79. The van der Waals surface area contributed by atoms with Gasteiger partial charge in [-0.05, 0) is 37.1 Å². The van der Waals surface area contributed by atoms with Gasteiger partial charge in [0.2, 0.25) is 10.0 Å². The van der Waals surface area contributed by atoms with E-state index in [0.717, 1.165) is 12.8 Å². The highest BCUT2D eigenvalue weighted by Crippen LogP contribution is 2.19. The maximum absolute atomic E-state index is 12.3. The van der Waals surface area contributed by atoms with Crippen LogP contribution in [0.5, 0.6) is 0 Å². The minimum absolute atomic E-state index is 0.0609. The van der Waals surface area contributed by atoms with E-state index in [0.29, 0.717) is 13.2 Å². The van der Waals surface area contributed by atoms with Crippen LogP contribution in [0.1, 0.15) is 23.2 Å². The van der Waals surface area contributed by atoms with E-state index >= 15 is 0 Å². The van der Waals surface area contributed by atoms with Gasteiger partial charge in [0.1, 0.15) is 0 Å². The fourth-order valence-electron chi connectivity index (χ4n) is 2.12. The van der Waals surface area contributed by atoms with Gasteiger partial charge < -0.3 is 9.84 Å². The smallest absolute Gasteiger partial charge is 0.335 e. The first-order valence-electron chi connectivity index (χ1n) is 6.32. The number of carboxylic acids is 1. The Hall–Kier alpha value is -1.44. The van der Waals surface area contributed by atoms with Crippen molar-refractivity contribution in [3.63, 3.8) is 0 Å². The van der Waals surface area contributed by atoms with Crippen molar-refractivity contribution >= 4 is 16.0 Å². The standard InChI is InChI=1S/C13H17NO5S/c1-14(9-11-3-2-8-19-11)20(17,18)12-6-4-10(5-7-12)13(15)16/h4-7,11H,2-3,8-9H2,1H3,(H,15,16). The molecule has 7 heteroatoms. The number of carbonyl (C=O) groups is 1. The number of hydrogen-bond acceptors (Lipinski definition) is 4. The summed E-state index contributed by atoms with van der Waals surface area (Å²) in [4.78, 5) is 10.8. The number of rotatable bonds is 5. The Bertz CT molecular complexity index is 575. The first-order chi connectivity index (χ1) is 9.41. The van der Waals surface area contributed by atoms with Crippen LogP contribution < -0.4 is 0 Å². The maximum Gasteiger partial charge on any atom is 0.335 e. The minimum Gasteiger partial charge on any atom is -0.478 e. The van der Waals surface area contributed by atoms with Crippen LogP contribution in [0, 0.1) is 0 Å². The van der Waals surface area contributed by atoms with Gasteiger partial charge in [-0.2, -0.15) is 4.31 Å². The number of likely N-dealkylation sites (N-methyl/N-ethyl adjacent to an activating group) is 1. The summed E-state index contributed by atoms with van der Waals surface area (Å²) in [5.41, 5.74) is 0.0609. The highest BCUT2D eigenvalue weighted by Gasteiger charge is 2.26. The number of carboxylic acid groups (broad SMARTS) is 1. The second-order valence-electron chi connectivity index (χ2n) is 4.75. The molecule has 1 aromatic carbocycles. The molecule has 1 heterocycles. The zero-order valence-corrected chi connectivity index (χ0v) is 12.0. The Morgan fingerprint density at radius 1 is 1.40 bits per heavy atom. The van der Waals surface area contributed by atoms with Crippen LogP contribution in [0.3, 0.4) is 0 Å². The fraction of sp³-hybridized carbons (Fsp3) is 0.462. The molecule has 1 atom stereocenters. The quantitative estimate of drug-likeness (QED) is 0.882. The summed E-state index contributed by atoms with van der Waals surface area (Å²) >= 11 is 0. The van der Waals surface area contributed by atoms with E-state index in [1.54, 1.807) is 0 Å². The Kier molecular flexibility index (Phi) is 4.42. The van der Waals surface area contributed by atoms with Crippen molar-refractivity contribution in [2.75, 3.05) is 20.2 Å². The van der Waals surface area contributed by atoms with Crippen LogP contribution >= 0.6 is 0 Å². The number of aromatic carboxylic acids is 1. The highest BCUT2D eigenvalue weighted by molar-refractivity contribution is 7.89. The van der Waals surface area contributed by atoms with E-state index in [1.807, 2.05) is 0 Å². The van der Waals surface area contributed by atoms with Gasteiger partial charge in [-0.1, -0.05) is 0 Å². The molecule has 2 rings (SSSR count). The van der Waals surface area contributed by atoms with E-state index in [1.165, 1.54) is 35.6 Å². The number of hydrogen-bond donors (Lipinski definition) is 1. The molecule has 0 bridgehead atoms. The summed E-state index contributed by atoms with van der Waals surface area (Å²) < 4.78 is 31.3. The molecule has 20 heavy (non-hydrogen) atoms. The van der Waals surface area contributed by atoms with Crippen molar-refractivity contribution in [3.8, 4) is 0 Å². The molecule has 1 fully saturated rings. The average molecular weight is 299 g/mol. The van der Waals surface area contributed by atoms with Crippen molar-refractivity contribution in [3.05, 3.63) is 29.8 Å². The lowest BCUT2D eigenvalue weighted by Crippen LogP contribution is -2.34. The molecule has 0 saturated carbocycles. The van der Waals surface area contributed by atoms with E-state index in [2.05, 4.69) is 0 Å².